The van der Waals surface area contributed by atoms with Gasteiger partial charge < -0.3 is 9.55 Å². The van der Waals surface area contributed by atoms with Gasteiger partial charge in [-0.15, -0.1) is 0 Å². The Bertz CT molecular complexity index is 1190. The highest BCUT2D eigenvalue weighted by molar-refractivity contribution is 5.90. The Labute approximate surface area is 151 Å². The molecule has 0 amide bonds. The standard InChI is InChI=1S/C19H12F3N5/c1-11-2-3-13(19(20,21)22)7-16(11)27-9-12(6-14(27)8-23)17-15-4-5-24-18(15)26-10-25-17/h2-7,9-10H,1H3,(H,24,25,26). The summed E-state index contributed by atoms with van der Waals surface area (Å²) in [5, 5.41) is 10.3. The first-order chi connectivity index (χ1) is 12.9. The van der Waals surface area contributed by atoms with Crippen LogP contribution >= 0.6 is 0 Å². The van der Waals surface area contributed by atoms with Gasteiger partial charge in [-0.2, -0.15) is 18.4 Å². The summed E-state index contributed by atoms with van der Waals surface area (Å²) in [4.78, 5) is 11.4. The van der Waals surface area contributed by atoms with Gasteiger partial charge in [-0.25, -0.2) is 9.97 Å². The van der Waals surface area contributed by atoms with Gasteiger partial charge in [0.25, 0.3) is 0 Å². The molecule has 0 aliphatic rings. The highest BCUT2D eigenvalue weighted by Crippen LogP contribution is 2.33. The van der Waals surface area contributed by atoms with Crippen molar-refractivity contribution < 1.29 is 13.2 Å². The molecule has 0 atom stereocenters. The Morgan fingerprint density at radius 1 is 1.15 bits per heavy atom. The summed E-state index contributed by atoms with van der Waals surface area (Å²) in [6.45, 7) is 1.70. The van der Waals surface area contributed by atoms with Gasteiger partial charge in [-0.05, 0) is 36.8 Å². The van der Waals surface area contributed by atoms with Crippen LogP contribution in [-0.4, -0.2) is 19.5 Å². The average molecular weight is 367 g/mol. The van der Waals surface area contributed by atoms with Crippen LogP contribution in [-0.2, 0) is 6.18 Å². The maximum absolute atomic E-state index is 13.1. The molecule has 0 aliphatic heterocycles. The predicted molar refractivity (Wildman–Crippen MR) is 93.1 cm³/mol. The third-order valence-electron chi connectivity index (χ3n) is 4.36. The topological polar surface area (TPSA) is 70.3 Å². The van der Waals surface area contributed by atoms with Crippen LogP contribution in [0.5, 0.6) is 0 Å². The van der Waals surface area contributed by atoms with Crippen molar-refractivity contribution in [2.24, 2.45) is 0 Å². The minimum absolute atomic E-state index is 0.217. The molecular formula is C19H12F3N5. The van der Waals surface area contributed by atoms with E-state index >= 15 is 0 Å². The highest BCUT2D eigenvalue weighted by Gasteiger charge is 2.31. The van der Waals surface area contributed by atoms with Crippen LogP contribution in [0.2, 0.25) is 0 Å². The number of alkyl halides is 3. The molecule has 1 N–H and O–H groups in total. The van der Waals surface area contributed by atoms with E-state index in [0.717, 1.165) is 17.5 Å². The number of fused-ring (bicyclic) bond motifs is 1. The van der Waals surface area contributed by atoms with E-state index in [9.17, 15) is 18.4 Å². The van der Waals surface area contributed by atoms with Gasteiger partial charge in [0.2, 0.25) is 0 Å². The first-order valence-electron chi connectivity index (χ1n) is 7.97. The average Bonchev–Trinajstić information content (AvgIpc) is 3.27. The Hall–Kier alpha value is -3.60. The number of nitriles is 1. The van der Waals surface area contributed by atoms with E-state index in [-0.39, 0.29) is 5.69 Å². The third kappa shape index (κ3) is 2.83. The van der Waals surface area contributed by atoms with Crippen molar-refractivity contribution in [3.8, 4) is 23.0 Å². The Morgan fingerprint density at radius 2 is 1.96 bits per heavy atom. The number of aromatic nitrogens is 4. The molecule has 0 radical (unpaired) electrons. The molecule has 0 aliphatic carbocycles. The summed E-state index contributed by atoms with van der Waals surface area (Å²) in [7, 11) is 0. The first-order valence-corrected chi connectivity index (χ1v) is 7.97. The second-order valence-electron chi connectivity index (χ2n) is 6.06. The SMILES string of the molecule is Cc1ccc(C(F)(F)F)cc1-n1cc(-c2ncnc3[nH]ccc23)cc1C#N. The molecule has 134 valence electrons. The summed E-state index contributed by atoms with van der Waals surface area (Å²) < 4.78 is 40.8. The number of hydrogen-bond donors (Lipinski definition) is 1. The number of nitrogens with one attached hydrogen (secondary N) is 1. The fourth-order valence-electron chi connectivity index (χ4n) is 3.03. The lowest BCUT2D eigenvalue weighted by Gasteiger charge is -2.13. The van der Waals surface area contributed by atoms with Crippen LogP contribution in [0.1, 0.15) is 16.8 Å². The molecule has 8 heteroatoms. The van der Waals surface area contributed by atoms with E-state index in [1.807, 2.05) is 12.1 Å². The molecule has 0 spiro atoms. The zero-order valence-corrected chi connectivity index (χ0v) is 14.0. The first kappa shape index (κ1) is 16.8. The number of aryl methyl sites for hydroxylation is 1. The van der Waals surface area contributed by atoms with E-state index in [1.54, 1.807) is 25.4 Å². The molecule has 5 nitrogen and oxygen atoms in total. The molecule has 3 heterocycles. The number of halogens is 3. The smallest absolute Gasteiger partial charge is 0.346 e. The lowest BCUT2D eigenvalue weighted by molar-refractivity contribution is -0.137. The van der Waals surface area contributed by atoms with E-state index in [0.29, 0.717) is 28.2 Å². The third-order valence-corrected chi connectivity index (χ3v) is 4.36. The van der Waals surface area contributed by atoms with Crippen molar-refractivity contribution in [2.75, 3.05) is 0 Å². The number of aromatic amines is 1. The number of benzene rings is 1. The summed E-state index contributed by atoms with van der Waals surface area (Å²) >= 11 is 0. The molecule has 0 bridgehead atoms. The van der Waals surface area contributed by atoms with Gasteiger partial charge in [0.15, 0.2) is 0 Å². The molecule has 4 rings (SSSR count). The Balaban J connectivity index is 1.92. The van der Waals surface area contributed by atoms with Crippen molar-refractivity contribution >= 4 is 11.0 Å². The summed E-state index contributed by atoms with van der Waals surface area (Å²) in [6, 6.07) is 8.93. The predicted octanol–water partition coefficient (Wildman–Crippen LogP) is 4.61. The maximum atomic E-state index is 13.1. The molecule has 4 aromatic rings. The fourth-order valence-corrected chi connectivity index (χ4v) is 3.03. The second kappa shape index (κ2) is 5.99. The normalized spacial score (nSPS) is 11.7. The van der Waals surface area contributed by atoms with Crippen LogP contribution in [0.15, 0.2) is 49.1 Å². The van der Waals surface area contributed by atoms with E-state index < -0.39 is 11.7 Å². The Kier molecular flexibility index (Phi) is 3.73. The van der Waals surface area contributed by atoms with Crippen LogP contribution in [0.4, 0.5) is 13.2 Å². The quantitative estimate of drug-likeness (QED) is 0.562. The molecule has 0 unspecified atom stereocenters. The monoisotopic (exact) mass is 367 g/mol. The maximum Gasteiger partial charge on any atom is 0.416 e. The highest BCUT2D eigenvalue weighted by atomic mass is 19.4. The van der Waals surface area contributed by atoms with Gasteiger partial charge in [0.1, 0.15) is 23.7 Å². The van der Waals surface area contributed by atoms with Gasteiger partial charge in [-0.3, -0.25) is 0 Å². The Morgan fingerprint density at radius 3 is 2.70 bits per heavy atom. The lowest BCUT2D eigenvalue weighted by atomic mass is 10.1. The minimum atomic E-state index is -4.46. The number of H-pyrrole nitrogens is 1. The van der Waals surface area contributed by atoms with Crippen molar-refractivity contribution in [1.82, 2.24) is 19.5 Å². The summed E-state index contributed by atoms with van der Waals surface area (Å²) in [6.07, 6.45) is 0.278. The summed E-state index contributed by atoms with van der Waals surface area (Å²) in [5.41, 5.74) is 2.23. The molecule has 0 saturated carbocycles. The van der Waals surface area contributed by atoms with Gasteiger partial charge in [-0.1, -0.05) is 6.07 Å². The molecule has 27 heavy (non-hydrogen) atoms. The molecule has 0 saturated heterocycles. The van der Waals surface area contributed by atoms with Crippen molar-refractivity contribution in [3.63, 3.8) is 0 Å². The van der Waals surface area contributed by atoms with Crippen LogP contribution in [0.3, 0.4) is 0 Å². The zero-order chi connectivity index (χ0) is 19.2. The molecule has 0 fully saturated rings. The van der Waals surface area contributed by atoms with Gasteiger partial charge in [0.05, 0.1) is 11.3 Å². The molecular weight excluding hydrogens is 355 g/mol. The number of nitrogens with zero attached hydrogens (tertiary/aromatic N) is 4. The zero-order valence-electron chi connectivity index (χ0n) is 14.0. The van der Waals surface area contributed by atoms with Crippen LogP contribution < -0.4 is 0 Å². The van der Waals surface area contributed by atoms with Gasteiger partial charge >= 0.3 is 6.18 Å². The van der Waals surface area contributed by atoms with E-state index in [2.05, 4.69) is 15.0 Å². The fraction of sp³-hybridized carbons (Fsp3) is 0.105. The lowest BCUT2D eigenvalue weighted by Crippen LogP contribution is -2.07. The molecule has 1 aromatic carbocycles. The summed E-state index contributed by atoms with van der Waals surface area (Å²) in [5.74, 6) is 0. The van der Waals surface area contributed by atoms with Crippen molar-refractivity contribution in [3.05, 3.63) is 65.9 Å². The van der Waals surface area contributed by atoms with Crippen molar-refractivity contribution in [2.45, 2.75) is 13.1 Å². The largest absolute Gasteiger partial charge is 0.416 e. The van der Waals surface area contributed by atoms with Crippen LogP contribution in [0, 0.1) is 18.3 Å². The van der Waals surface area contributed by atoms with Crippen molar-refractivity contribution in [1.29, 1.82) is 5.26 Å². The van der Waals surface area contributed by atoms with E-state index in [4.69, 9.17) is 0 Å². The minimum Gasteiger partial charge on any atom is -0.346 e. The second-order valence-corrected chi connectivity index (χ2v) is 6.06. The van der Waals surface area contributed by atoms with E-state index in [1.165, 1.54) is 17.0 Å². The van der Waals surface area contributed by atoms with Gasteiger partial charge in [0, 0.05) is 29.0 Å². The van der Waals surface area contributed by atoms with Crippen LogP contribution in [0.25, 0.3) is 28.0 Å². The number of rotatable bonds is 2. The number of hydrogen-bond acceptors (Lipinski definition) is 3. The molecule has 3 aromatic heterocycles.